The summed E-state index contributed by atoms with van der Waals surface area (Å²) in [5.41, 5.74) is 0. The van der Waals surface area contributed by atoms with Gasteiger partial charge >= 0.3 is 0 Å². The van der Waals surface area contributed by atoms with Crippen LogP contribution in [0.15, 0.2) is 0 Å². The maximum atomic E-state index is 10.2. The molecule has 0 amide bonds. The van der Waals surface area contributed by atoms with E-state index >= 15 is 0 Å². The standard InChI is InChI=1S/C6H11NO.CH4O/c1-7-4-2-3-6(7)5-8;1-2/h5-6H,2-4H2,1H3;2H,1H3. The first-order valence-electron chi connectivity index (χ1n) is 3.45. The van der Waals surface area contributed by atoms with E-state index in [2.05, 4.69) is 4.90 Å². The van der Waals surface area contributed by atoms with Gasteiger partial charge < -0.3 is 9.90 Å². The van der Waals surface area contributed by atoms with Crippen LogP contribution in [-0.4, -0.2) is 43.0 Å². The van der Waals surface area contributed by atoms with Crippen LogP contribution in [0.1, 0.15) is 12.8 Å². The van der Waals surface area contributed by atoms with Crippen LogP contribution in [0, 0.1) is 0 Å². The maximum Gasteiger partial charge on any atom is 0.137 e. The van der Waals surface area contributed by atoms with Crippen molar-refractivity contribution >= 4 is 6.29 Å². The molecule has 3 nitrogen and oxygen atoms in total. The molecule has 1 unspecified atom stereocenters. The Labute approximate surface area is 61.6 Å². The Morgan fingerprint density at radius 3 is 2.40 bits per heavy atom. The normalized spacial score (nSPS) is 25.3. The first-order chi connectivity index (χ1) is 4.84. The average Bonchev–Trinajstić information content (AvgIpc) is 2.39. The fourth-order valence-corrected chi connectivity index (χ4v) is 1.11. The van der Waals surface area contributed by atoms with Crippen molar-refractivity contribution in [1.29, 1.82) is 0 Å². The third kappa shape index (κ3) is 2.45. The molecule has 3 heteroatoms. The fraction of sp³-hybridized carbons (Fsp3) is 0.857. The summed E-state index contributed by atoms with van der Waals surface area (Å²) in [7, 11) is 2.99. The summed E-state index contributed by atoms with van der Waals surface area (Å²) in [6.07, 6.45) is 3.27. The predicted octanol–water partition coefficient (Wildman–Crippen LogP) is -0.112. The van der Waals surface area contributed by atoms with E-state index in [4.69, 9.17) is 5.11 Å². The summed E-state index contributed by atoms with van der Waals surface area (Å²) in [6, 6.07) is 0.218. The zero-order valence-corrected chi connectivity index (χ0v) is 6.58. The quantitative estimate of drug-likeness (QED) is 0.523. The topological polar surface area (TPSA) is 40.5 Å². The van der Waals surface area contributed by atoms with E-state index in [0.717, 1.165) is 26.4 Å². The molecule has 1 rings (SSSR count). The van der Waals surface area contributed by atoms with E-state index in [-0.39, 0.29) is 6.04 Å². The lowest BCUT2D eigenvalue weighted by Gasteiger charge is -2.10. The van der Waals surface area contributed by atoms with E-state index < -0.39 is 0 Å². The minimum atomic E-state index is 0.218. The zero-order valence-electron chi connectivity index (χ0n) is 6.58. The van der Waals surface area contributed by atoms with Gasteiger partial charge in [-0.1, -0.05) is 0 Å². The number of nitrogens with zero attached hydrogens (tertiary/aromatic N) is 1. The molecular weight excluding hydrogens is 130 g/mol. The van der Waals surface area contributed by atoms with Gasteiger partial charge in [-0.3, -0.25) is 4.90 Å². The summed E-state index contributed by atoms with van der Waals surface area (Å²) in [5, 5.41) is 7.00. The van der Waals surface area contributed by atoms with Crippen LogP contribution < -0.4 is 0 Å². The number of hydrogen-bond donors (Lipinski definition) is 1. The molecule has 60 valence electrons. The van der Waals surface area contributed by atoms with Gasteiger partial charge in [0.25, 0.3) is 0 Å². The van der Waals surface area contributed by atoms with Crippen molar-refractivity contribution in [3.8, 4) is 0 Å². The van der Waals surface area contributed by atoms with Gasteiger partial charge in [0, 0.05) is 7.11 Å². The number of hydrogen-bond acceptors (Lipinski definition) is 3. The number of rotatable bonds is 1. The molecule has 1 aliphatic heterocycles. The van der Waals surface area contributed by atoms with Crippen molar-refractivity contribution in [2.24, 2.45) is 0 Å². The lowest BCUT2D eigenvalue weighted by Crippen LogP contribution is -2.25. The summed E-state index contributed by atoms with van der Waals surface area (Å²) in [4.78, 5) is 12.3. The highest BCUT2D eigenvalue weighted by Crippen LogP contribution is 2.11. The molecule has 1 saturated heterocycles. The number of aldehydes is 1. The number of carbonyl (C=O) groups is 1. The third-order valence-corrected chi connectivity index (χ3v) is 1.73. The fourth-order valence-electron chi connectivity index (χ4n) is 1.11. The van der Waals surface area contributed by atoms with Crippen molar-refractivity contribution in [2.75, 3.05) is 20.7 Å². The van der Waals surface area contributed by atoms with E-state index in [1.165, 1.54) is 6.42 Å². The molecule has 0 aromatic rings. The molecule has 10 heavy (non-hydrogen) atoms. The van der Waals surface area contributed by atoms with Crippen LogP contribution in [0.25, 0.3) is 0 Å². The van der Waals surface area contributed by atoms with Gasteiger partial charge in [0.15, 0.2) is 0 Å². The second-order valence-corrected chi connectivity index (χ2v) is 2.33. The SMILES string of the molecule is CN1CCCC1C=O.CO. The Morgan fingerprint density at radius 2 is 2.20 bits per heavy atom. The molecule has 0 radical (unpaired) electrons. The molecule has 0 spiro atoms. The van der Waals surface area contributed by atoms with E-state index in [1.807, 2.05) is 7.05 Å². The second kappa shape index (κ2) is 5.38. The Kier molecular flexibility index (Phi) is 5.16. The van der Waals surface area contributed by atoms with Crippen LogP contribution in [-0.2, 0) is 4.79 Å². The van der Waals surface area contributed by atoms with Crippen LogP contribution >= 0.6 is 0 Å². The Morgan fingerprint density at radius 1 is 1.60 bits per heavy atom. The average molecular weight is 145 g/mol. The Hall–Kier alpha value is -0.410. The molecule has 0 bridgehead atoms. The van der Waals surface area contributed by atoms with Crippen LogP contribution in [0.5, 0.6) is 0 Å². The zero-order chi connectivity index (χ0) is 7.98. The Bertz CT molecular complexity index is 95.6. The molecule has 1 heterocycles. The van der Waals surface area contributed by atoms with Gasteiger partial charge in [0.2, 0.25) is 0 Å². The monoisotopic (exact) mass is 145 g/mol. The van der Waals surface area contributed by atoms with Crippen molar-refractivity contribution < 1.29 is 9.90 Å². The van der Waals surface area contributed by atoms with Crippen LogP contribution in [0.2, 0.25) is 0 Å². The summed E-state index contributed by atoms with van der Waals surface area (Å²) < 4.78 is 0. The van der Waals surface area contributed by atoms with Gasteiger partial charge in [0.1, 0.15) is 6.29 Å². The number of carbonyl (C=O) groups excluding carboxylic acids is 1. The summed E-state index contributed by atoms with van der Waals surface area (Å²) in [5.74, 6) is 0. The molecule has 0 aliphatic carbocycles. The van der Waals surface area contributed by atoms with Crippen LogP contribution in [0.3, 0.4) is 0 Å². The van der Waals surface area contributed by atoms with E-state index in [9.17, 15) is 4.79 Å². The lowest BCUT2D eigenvalue weighted by molar-refractivity contribution is -0.111. The number of likely N-dealkylation sites (tertiary alicyclic amines) is 1. The first kappa shape index (κ1) is 9.59. The molecule has 0 aromatic heterocycles. The van der Waals surface area contributed by atoms with Crippen molar-refractivity contribution in [3.63, 3.8) is 0 Å². The molecule has 1 atom stereocenters. The molecule has 1 N–H and O–H groups in total. The largest absolute Gasteiger partial charge is 0.400 e. The number of likely N-dealkylation sites (N-methyl/N-ethyl adjacent to an activating group) is 1. The Balaban J connectivity index is 0.000000371. The molecule has 1 fully saturated rings. The van der Waals surface area contributed by atoms with Gasteiger partial charge in [-0.15, -0.1) is 0 Å². The minimum Gasteiger partial charge on any atom is -0.400 e. The molecule has 0 saturated carbocycles. The number of aliphatic hydroxyl groups is 1. The van der Waals surface area contributed by atoms with E-state index in [1.54, 1.807) is 0 Å². The summed E-state index contributed by atoms with van der Waals surface area (Å²) >= 11 is 0. The van der Waals surface area contributed by atoms with E-state index in [0.29, 0.717) is 0 Å². The van der Waals surface area contributed by atoms with Crippen molar-refractivity contribution in [2.45, 2.75) is 18.9 Å². The van der Waals surface area contributed by atoms with Gasteiger partial charge in [0.05, 0.1) is 6.04 Å². The number of aliphatic hydroxyl groups excluding tert-OH is 1. The highest BCUT2D eigenvalue weighted by Gasteiger charge is 2.18. The highest BCUT2D eigenvalue weighted by molar-refractivity contribution is 5.57. The van der Waals surface area contributed by atoms with Crippen molar-refractivity contribution in [3.05, 3.63) is 0 Å². The van der Waals surface area contributed by atoms with Crippen molar-refractivity contribution in [1.82, 2.24) is 4.90 Å². The lowest BCUT2D eigenvalue weighted by atomic mass is 10.2. The van der Waals surface area contributed by atoms with Gasteiger partial charge in [-0.25, -0.2) is 0 Å². The third-order valence-electron chi connectivity index (χ3n) is 1.73. The maximum absolute atomic E-state index is 10.2. The smallest absolute Gasteiger partial charge is 0.137 e. The minimum absolute atomic E-state index is 0.218. The van der Waals surface area contributed by atoms with Gasteiger partial charge in [-0.2, -0.15) is 0 Å². The predicted molar refractivity (Wildman–Crippen MR) is 39.9 cm³/mol. The summed E-state index contributed by atoms with van der Waals surface area (Å²) in [6.45, 7) is 1.09. The van der Waals surface area contributed by atoms with Gasteiger partial charge in [-0.05, 0) is 26.4 Å². The molecule has 0 aromatic carbocycles. The highest BCUT2D eigenvalue weighted by atomic mass is 16.2. The molecular formula is C7H15NO2. The molecule has 1 aliphatic rings. The first-order valence-corrected chi connectivity index (χ1v) is 3.45. The van der Waals surface area contributed by atoms with Crippen LogP contribution in [0.4, 0.5) is 0 Å². The second-order valence-electron chi connectivity index (χ2n) is 2.33.